The SMILES string of the molecule is CCCCCCCCCC/C=C\CCCCCCCCCCCCCCCCCCCCCCCCCCCCCC(=O)OC(COC(=O)CCCCCCCCCCCCC/C=C\CCCCCCCCCC)COP(=O)([O-])OCC[N+](C)(C)C. The van der Waals surface area contributed by atoms with Crippen molar-refractivity contribution >= 4 is 19.8 Å². The van der Waals surface area contributed by atoms with Crippen LogP contribution in [0, 0.1) is 0 Å². The summed E-state index contributed by atoms with van der Waals surface area (Å²) >= 11 is 0. The highest BCUT2D eigenvalue weighted by Gasteiger charge is 2.22. The monoisotopic (exact) mass is 1230 g/mol. The molecule has 510 valence electrons. The Hall–Kier alpha value is -1.51. The van der Waals surface area contributed by atoms with E-state index in [4.69, 9.17) is 18.5 Å². The Morgan fingerprint density at radius 2 is 0.593 bits per heavy atom. The smallest absolute Gasteiger partial charge is 0.306 e. The van der Waals surface area contributed by atoms with Crippen LogP contribution in [0.2, 0.25) is 0 Å². The third-order valence-electron chi connectivity index (χ3n) is 17.4. The lowest BCUT2D eigenvalue weighted by atomic mass is 10.0. The highest BCUT2D eigenvalue weighted by molar-refractivity contribution is 7.45. The molecule has 9 nitrogen and oxygen atoms in total. The van der Waals surface area contributed by atoms with Gasteiger partial charge in [-0.1, -0.05) is 346 Å². The number of unbranched alkanes of at least 4 members (excludes halogenated alkanes) is 54. The third-order valence-corrected chi connectivity index (χ3v) is 18.4. The van der Waals surface area contributed by atoms with E-state index in [-0.39, 0.29) is 32.0 Å². The Balaban J connectivity index is 3.89. The van der Waals surface area contributed by atoms with Crippen molar-refractivity contribution in [3.63, 3.8) is 0 Å². The van der Waals surface area contributed by atoms with E-state index in [9.17, 15) is 19.0 Å². The highest BCUT2D eigenvalue weighted by atomic mass is 31.2. The van der Waals surface area contributed by atoms with Crippen molar-refractivity contribution in [2.75, 3.05) is 47.5 Å². The van der Waals surface area contributed by atoms with Crippen LogP contribution in [0.3, 0.4) is 0 Å². The fraction of sp³-hybridized carbons (Fsp3) is 0.921. The van der Waals surface area contributed by atoms with Crippen LogP contribution in [0.1, 0.15) is 399 Å². The van der Waals surface area contributed by atoms with Crippen molar-refractivity contribution < 1.29 is 42.1 Å². The quantitative estimate of drug-likeness (QED) is 0.0195. The minimum absolute atomic E-state index is 0.0272. The van der Waals surface area contributed by atoms with E-state index in [2.05, 4.69) is 38.2 Å². The maximum absolute atomic E-state index is 12.9. The van der Waals surface area contributed by atoms with Crippen molar-refractivity contribution in [2.45, 2.75) is 405 Å². The molecule has 0 aromatic carbocycles. The lowest BCUT2D eigenvalue weighted by Crippen LogP contribution is -2.37. The molecule has 0 saturated heterocycles. The van der Waals surface area contributed by atoms with Gasteiger partial charge in [-0.25, -0.2) is 0 Å². The first-order chi connectivity index (χ1) is 42.0. The largest absolute Gasteiger partial charge is 0.756 e. The third kappa shape index (κ3) is 71.6. The van der Waals surface area contributed by atoms with Gasteiger partial charge in [0.05, 0.1) is 27.7 Å². The van der Waals surface area contributed by atoms with Gasteiger partial charge >= 0.3 is 11.9 Å². The van der Waals surface area contributed by atoms with Gasteiger partial charge in [-0.3, -0.25) is 14.2 Å². The first-order valence-electron chi connectivity index (χ1n) is 38.0. The molecule has 10 heteroatoms. The molecule has 0 aromatic rings. The zero-order chi connectivity index (χ0) is 62.6. The van der Waals surface area contributed by atoms with Gasteiger partial charge in [0.15, 0.2) is 6.10 Å². The molecule has 0 N–H and O–H groups in total. The maximum atomic E-state index is 12.9. The molecule has 0 rings (SSSR count). The first kappa shape index (κ1) is 84.5. The summed E-state index contributed by atoms with van der Waals surface area (Å²) in [5, 5.41) is 0. The minimum Gasteiger partial charge on any atom is -0.756 e. The summed E-state index contributed by atoms with van der Waals surface area (Å²) in [5.74, 6) is -0.810. The van der Waals surface area contributed by atoms with E-state index in [0.29, 0.717) is 17.4 Å². The average Bonchev–Trinajstić information content (AvgIpc) is 3.56. The summed E-state index contributed by atoms with van der Waals surface area (Å²) in [6.45, 7) is 4.32. The number of quaternary nitrogens is 1. The second-order valence-corrected chi connectivity index (χ2v) is 28.8. The molecule has 0 bridgehead atoms. The molecule has 0 radical (unpaired) electrons. The second-order valence-electron chi connectivity index (χ2n) is 27.4. The number of esters is 2. The van der Waals surface area contributed by atoms with E-state index < -0.39 is 26.5 Å². The Kier molecular flexibility index (Phi) is 66.7. The molecule has 0 aliphatic carbocycles. The van der Waals surface area contributed by atoms with Crippen LogP contribution in [0.25, 0.3) is 0 Å². The molecule has 0 fully saturated rings. The standard InChI is InChI=1S/C76H148NO8P/c1-6-8-10-12-14-16-18-20-22-24-26-28-30-31-32-33-34-35-36-37-38-39-40-41-42-43-44-45-47-49-51-53-55-57-59-61-63-65-67-69-76(79)85-74(73-84-86(80,81)83-71-70-77(3,4)5)72-82-75(78)68-66-64-62-60-58-56-54-52-50-48-46-29-27-25-23-21-19-17-15-13-11-9-7-2/h24-27,74H,6-23,28-73H2,1-5H3/b26-24-,27-25-. The first-order valence-corrected chi connectivity index (χ1v) is 39.5. The number of hydrogen-bond donors (Lipinski definition) is 0. The number of ether oxygens (including phenoxy) is 2. The van der Waals surface area contributed by atoms with Crippen molar-refractivity contribution in [1.29, 1.82) is 0 Å². The number of carbonyl (C=O) groups is 2. The molecule has 0 spiro atoms. The van der Waals surface area contributed by atoms with Gasteiger partial charge in [0.2, 0.25) is 0 Å². The molecular formula is C76H148NO8P. The Bertz CT molecular complexity index is 1500. The highest BCUT2D eigenvalue weighted by Crippen LogP contribution is 2.38. The summed E-state index contributed by atoms with van der Waals surface area (Å²) in [6.07, 6.45) is 85.8. The fourth-order valence-electron chi connectivity index (χ4n) is 11.6. The van der Waals surface area contributed by atoms with Gasteiger partial charge in [0, 0.05) is 12.8 Å². The molecular weight excluding hydrogens is 1090 g/mol. The van der Waals surface area contributed by atoms with Crippen LogP contribution < -0.4 is 4.89 Å². The van der Waals surface area contributed by atoms with Gasteiger partial charge in [0.1, 0.15) is 19.8 Å². The van der Waals surface area contributed by atoms with Crippen LogP contribution in [0.4, 0.5) is 0 Å². The summed E-state index contributed by atoms with van der Waals surface area (Å²) in [7, 11) is 1.19. The Labute approximate surface area is 536 Å². The van der Waals surface area contributed by atoms with E-state index in [1.54, 1.807) is 0 Å². The van der Waals surface area contributed by atoms with Gasteiger partial charge in [-0.2, -0.15) is 0 Å². The Morgan fingerprint density at radius 1 is 0.349 bits per heavy atom. The van der Waals surface area contributed by atoms with Gasteiger partial charge in [-0.15, -0.1) is 0 Å². The van der Waals surface area contributed by atoms with Gasteiger partial charge in [-0.05, 0) is 64.2 Å². The average molecular weight is 1230 g/mol. The number of phosphoric acid groups is 1. The number of nitrogens with zero attached hydrogens (tertiary/aromatic N) is 1. The van der Waals surface area contributed by atoms with Crippen LogP contribution in [-0.2, 0) is 32.7 Å². The van der Waals surface area contributed by atoms with Crippen molar-refractivity contribution in [1.82, 2.24) is 0 Å². The predicted octanol–water partition coefficient (Wildman–Crippen LogP) is 24.2. The number of carbonyl (C=O) groups excluding carboxylic acids is 2. The molecule has 0 aromatic heterocycles. The van der Waals surface area contributed by atoms with Crippen LogP contribution >= 0.6 is 7.82 Å². The van der Waals surface area contributed by atoms with Crippen molar-refractivity contribution in [3.05, 3.63) is 24.3 Å². The lowest BCUT2D eigenvalue weighted by Gasteiger charge is -2.28. The number of hydrogen-bond acceptors (Lipinski definition) is 8. The molecule has 0 heterocycles. The number of phosphoric ester groups is 1. The summed E-state index contributed by atoms with van der Waals surface area (Å²) in [6, 6.07) is 0. The van der Waals surface area contributed by atoms with Crippen LogP contribution in [0.5, 0.6) is 0 Å². The normalized spacial score (nSPS) is 13.1. The zero-order valence-electron chi connectivity index (χ0n) is 58.3. The van der Waals surface area contributed by atoms with Gasteiger partial charge in [0.25, 0.3) is 7.82 Å². The van der Waals surface area contributed by atoms with Crippen LogP contribution in [-0.4, -0.2) is 70.0 Å². The maximum Gasteiger partial charge on any atom is 0.306 e. The molecule has 2 unspecified atom stereocenters. The molecule has 0 saturated carbocycles. The molecule has 0 aliphatic rings. The molecule has 2 atom stereocenters. The van der Waals surface area contributed by atoms with Crippen molar-refractivity contribution in [2.24, 2.45) is 0 Å². The van der Waals surface area contributed by atoms with Crippen molar-refractivity contribution in [3.8, 4) is 0 Å². The zero-order valence-corrected chi connectivity index (χ0v) is 59.2. The summed E-state index contributed by atoms with van der Waals surface area (Å²) < 4.78 is 34.4. The van der Waals surface area contributed by atoms with E-state index in [0.717, 1.165) is 32.1 Å². The van der Waals surface area contributed by atoms with Gasteiger partial charge < -0.3 is 27.9 Å². The number of rotatable bonds is 72. The van der Waals surface area contributed by atoms with Crippen LogP contribution in [0.15, 0.2) is 24.3 Å². The predicted molar refractivity (Wildman–Crippen MR) is 370 cm³/mol. The summed E-state index contributed by atoms with van der Waals surface area (Å²) in [5.41, 5.74) is 0. The minimum atomic E-state index is -4.64. The topological polar surface area (TPSA) is 111 Å². The number of likely N-dealkylation sites (N-methyl/N-ethyl adjacent to an activating group) is 1. The second kappa shape index (κ2) is 67.9. The number of allylic oxidation sites excluding steroid dienone is 4. The van der Waals surface area contributed by atoms with E-state index >= 15 is 0 Å². The van der Waals surface area contributed by atoms with E-state index in [1.165, 1.54) is 334 Å². The Morgan fingerprint density at radius 3 is 0.860 bits per heavy atom. The molecule has 86 heavy (non-hydrogen) atoms. The fourth-order valence-corrected chi connectivity index (χ4v) is 12.3. The van der Waals surface area contributed by atoms with E-state index in [1.807, 2.05) is 21.1 Å². The molecule has 0 amide bonds. The molecule has 0 aliphatic heterocycles. The summed E-state index contributed by atoms with van der Waals surface area (Å²) in [4.78, 5) is 38.1. The lowest BCUT2D eigenvalue weighted by molar-refractivity contribution is -0.870.